The Morgan fingerprint density at radius 3 is 2.79 bits per heavy atom. The van der Waals surface area contributed by atoms with Gasteiger partial charge in [0.1, 0.15) is 5.84 Å². The van der Waals surface area contributed by atoms with Crippen LogP contribution in [0.2, 0.25) is 5.02 Å². The maximum Gasteiger partial charge on any atom is 0.122 e. The molecule has 0 saturated carbocycles. The molecule has 1 aliphatic heterocycles. The zero-order valence-corrected chi connectivity index (χ0v) is 11.9. The van der Waals surface area contributed by atoms with Gasteiger partial charge < -0.3 is 15.7 Å². The van der Waals surface area contributed by atoms with Gasteiger partial charge in [-0.3, -0.25) is 5.41 Å². The van der Waals surface area contributed by atoms with Gasteiger partial charge in [-0.15, -0.1) is 0 Å². The summed E-state index contributed by atoms with van der Waals surface area (Å²) in [5.41, 5.74) is 6.45. The third kappa shape index (κ3) is 3.39. The summed E-state index contributed by atoms with van der Waals surface area (Å²) < 4.78 is 0. The van der Waals surface area contributed by atoms with E-state index >= 15 is 0 Å². The molecule has 1 aliphatic rings. The lowest BCUT2D eigenvalue weighted by Crippen LogP contribution is -2.28. The first-order valence-corrected chi connectivity index (χ1v) is 6.88. The van der Waals surface area contributed by atoms with Crippen LogP contribution < -0.4 is 10.6 Å². The van der Waals surface area contributed by atoms with Crippen LogP contribution in [0.25, 0.3) is 0 Å². The van der Waals surface area contributed by atoms with Gasteiger partial charge in [0.25, 0.3) is 0 Å². The first-order chi connectivity index (χ1) is 8.89. The van der Waals surface area contributed by atoms with Crippen molar-refractivity contribution in [3.05, 3.63) is 28.8 Å². The molecule has 5 heteroatoms. The highest BCUT2D eigenvalue weighted by Gasteiger charge is 2.25. The van der Waals surface area contributed by atoms with Crippen molar-refractivity contribution >= 4 is 23.1 Å². The van der Waals surface area contributed by atoms with Crippen LogP contribution >= 0.6 is 11.6 Å². The Labute approximate surface area is 118 Å². The highest BCUT2D eigenvalue weighted by Crippen LogP contribution is 2.30. The number of halogens is 1. The molecule has 104 valence electrons. The standard InChI is InChI=1S/C14H20ClN3O/c1-14(19)5-2-7-18(8-6-14)12-4-3-10(13(16)17)9-11(12)15/h3-4,9,19H,2,5-8H2,1H3,(H3,16,17). The van der Waals surface area contributed by atoms with Gasteiger partial charge in [0.05, 0.1) is 16.3 Å². The minimum atomic E-state index is -0.583. The quantitative estimate of drug-likeness (QED) is 0.575. The molecule has 1 heterocycles. The number of aliphatic hydroxyl groups is 1. The van der Waals surface area contributed by atoms with Crippen LogP contribution in [0.5, 0.6) is 0 Å². The Hall–Kier alpha value is -1.26. The average Bonchev–Trinajstić information content (AvgIpc) is 2.50. The van der Waals surface area contributed by atoms with Crippen LogP contribution in [-0.4, -0.2) is 29.6 Å². The molecular formula is C14H20ClN3O. The maximum absolute atomic E-state index is 10.1. The number of amidine groups is 1. The number of anilines is 1. The van der Waals surface area contributed by atoms with E-state index in [-0.39, 0.29) is 5.84 Å². The lowest BCUT2D eigenvalue weighted by Gasteiger charge is -2.25. The Morgan fingerprint density at radius 2 is 2.16 bits per heavy atom. The highest BCUT2D eigenvalue weighted by molar-refractivity contribution is 6.33. The fraction of sp³-hybridized carbons (Fsp3) is 0.500. The van der Waals surface area contributed by atoms with E-state index in [2.05, 4.69) is 4.90 Å². The van der Waals surface area contributed by atoms with E-state index < -0.39 is 5.60 Å². The molecule has 2 rings (SSSR count). The Morgan fingerprint density at radius 1 is 1.42 bits per heavy atom. The number of nitrogens with zero attached hydrogens (tertiary/aromatic N) is 1. The summed E-state index contributed by atoms with van der Waals surface area (Å²) >= 11 is 6.27. The summed E-state index contributed by atoms with van der Waals surface area (Å²) in [6.45, 7) is 3.55. The second-order valence-corrected chi connectivity index (χ2v) is 5.82. The molecule has 0 amide bonds. The number of hydrogen-bond acceptors (Lipinski definition) is 3. The largest absolute Gasteiger partial charge is 0.390 e. The van der Waals surface area contributed by atoms with Crippen molar-refractivity contribution in [3.63, 3.8) is 0 Å². The molecule has 1 unspecified atom stereocenters. The van der Waals surface area contributed by atoms with Gasteiger partial charge in [0.15, 0.2) is 0 Å². The number of benzene rings is 1. The van der Waals surface area contributed by atoms with Gasteiger partial charge >= 0.3 is 0 Å². The number of nitrogens with one attached hydrogen (secondary N) is 1. The van der Waals surface area contributed by atoms with Crippen LogP contribution in [0.1, 0.15) is 31.7 Å². The lowest BCUT2D eigenvalue weighted by molar-refractivity contribution is 0.0481. The minimum Gasteiger partial charge on any atom is -0.390 e. The molecule has 0 radical (unpaired) electrons. The number of nitrogens with two attached hydrogens (primary N) is 1. The first kappa shape index (κ1) is 14.2. The fourth-order valence-electron chi connectivity index (χ4n) is 2.44. The third-order valence-corrected chi connectivity index (χ3v) is 3.97. The SMILES string of the molecule is CC1(O)CCCN(c2ccc(C(=N)N)cc2Cl)CC1. The van der Waals surface area contributed by atoms with Gasteiger partial charge in [-0.1, -0.05) is 11.6 Å². The predicted octanol–water partition coefficient (Wildman–Crippen LogP) is 2.37. The molecule has 1 atom stereocenters. The van der Waals surface area contributed by atoms with E-state index in [0.29, 0.717) is 10.6 Å². The van der Waals surface area contributed by atoms with Gasteiger partial charge in [-0.2, -0.15) is 0 Å². The van der Waals surface area contributed by atoms with Crippen LogP contribution in [0, 0.1) is 5.41 Å². The Balaban J connectivity index is 2.20. The molecular weight excluding hydrogens is 262 g/mol. The van der Waals surface area contributed by atoms with Crippen LogP contribution in [0.3, 0.4) is 0 Å². The summed E-state index contributed by atoms with van der Waals surface area (Å²) in [6.07, 6.45) is 2.49. The molecule has 1 fully saturated rings. The monoisotopic (exact) mass is 281 g/mol. The Bertz CT molecular complexity index is 488. The smallest absolute Gasteiger partial charge is 0.122 e. The summed E-state index contributed by atoms with van der Waals surface area (Å²) in [5, 5.41) is 18.1. The van der Waals surface area contributed by atoms with Crippen molar-refractivity contribution in [2.45, 2.75) is 31.8 Å². The van der Waals surface area contributed by atoms with Crippen molar-refractivity contribution in [3.8, 4) is 0 Å². The van der Waals surface area contributed by atoms with E-state index in [1.807, 2.05) is 19.1 Å². The molecule has 1 aromatic carbocycles. The summed E-state index contributed by atoms with van der Waals surface area (Å²) in [4.78, 5) is 2.19. The zero-order chi connectivity index (χ0) is 14.0. The number of rotatable bonds is 2. The van der Waals surface area contributed by atoms with Gasteiger partial charge in [0.2, 0.25) is 0 Å². The van der Waals surface area contributed by atoms with Gasteiger partial charge in [0, 0.05) is 18.7 Å². The molecule has 1 aromatic rings. The lowest BCUT2D eigenvalue weighted by atomic mass is 9.98. The van der Waals surface area contributed by atoms with Crippen LogP contribution in [-0.2, 0) is 0 Å². The topological polar surface area (TPSA) is 73.3 Å². The number of hydrogen-bond donors (Lipinski definition) is 3. The minimum absolute atomic E-state index is 0.0206. The van der Waals surface area contributed by atoms with E-state index in [9.17, 15) is 5.11 Å². The predicted molar refractivity (Wildman–Crippen MR) is 79.2 cm³/mol. The summed E-state index contributed by atoms with van der Waals surface area (Å²) in [6, 6.07) is 5.44. The normalized spacial score (nSPS) is 24.1. The van der Waals surface area contributed by atoms with Crippen molar-refractivity contribution in [1.82, 2.24) is 0 Å². The molecule has 0 aliphatic carbocycles. The molecule has 0 spiro atoms. The molecule has 1 saturated heterocycles. The molecule has 0 bridgehead atoms. The maximum atomic E-state index is 10.1. The van der Waals surface area contributed by atoms with E-state index in [1.165, 1.54) is 0 Å². The molecule has 0 aromatic heterocycles. The summed E-state index contributed by atoms with van der Waals surface area (Å²) in [5.74, 6) is 0.0206. The van der Waals surface area contributed by atoms with E-state index in [1.54, 1.807) is 6.07 Å². The second-order valence-electron chi connectivity index (χ2n) is 5.42. The molecule has 19 heavy (non-hydrogen) atoms. The summed E-state index contributed by atoms with van der Waals surface area (Å²) in [7, 11) is 0. The molecule has 4 N–H and O–H groups in total. The van der Waals surface area contributed by atoms with Gasteiger partial charge in [-0.25, -0.2) is 0 Å². The van der Waals surface area contributed by atoms with E-state index in [0.717, 1.165) is 38.0 Å². The number of nitrogen functional groups attached to an aromatic ring is 1. The highest BCUT2D eigenvalue weighted by atomic mass is 35.5. The van der Waals surface area contributed by atoms with E-state index in [4.69, 9.17) is 22.7 Å². The molecule has 4 nitrogen and oxygen atoms in total. The third-order valence-electron chi connectivity index (χ3n) is 3.66. The zero-order valence-electron chi connectivity index (χ0n) is 11.1. The van der Waals surface area contributed by atoms with Crippen molar-refractivity contribution in [1.29, 1.82) is 5.41 Å². The Kier molecular flexibility index (Phi) is 4.02. The van der Waals surface area contributed by atoms with Crippen molar-refractivity contribution < 1.29 is 5.11 Å². The van der Waals surface area contributed by atoms with Gasteiger partial charge in [-0.05, 0) is 44.4 Å². The van der Waals surface area contributed by atoms with Crippen LogP contribution in [0.4, 0.5) is 5.69 Å². The van der Waals surface area contributed by atoms with Crippen LogP contribution in [0.15, 0.2) is 18.2 Å². The average molecular weight is 282 g/mol. The fourth-order valence-corrected chi connectivity index (χ4v) is 2.74. The second kappa shape index (κ2) is 5.39. The van der Waals surface area contributed by atoms with Crippen molar-refractivity contribution in [2.24, 2.45) is 5.73 Å². The van der Waals surface area contributed by atoms with Crippen molar-refractivity contribution in [2.75, 3.05) is 18.0 Å². The first-order valence-electron chi connectivity index (χ1n) is 6.50.